The summed E-state index contributed by atoms with van der Waals surface area (Å²) in [6.45, 7) is 4.03. The Balaban J connectivity index is 2.30. The number of carbonyl (C=O) groups is 1. The van der Waals surface area contributed by atoms with E-state index in [9.17, 15) is 4.79 Å². The van der Waals surface area contributed by atoms with Crippen LogP contribution in [0.15, 0.2) is 30.5 Å². The van der Waals surface area contributed by atoms with Gasteiger partial charge in [0.15, 0.2) is 6.04 Å². The van der Waals surface area contributed by atoms with Crippen molar-refractivity contribution in [1.29, 1.82) is 0 Å². The number of rotatable bonds is 5. The van der Waals surface area contributed by atoms with Crippen LogP contribution in [0.3, 0.4) is 0 Å². The van der Waals surface area contributed by atoms with Crippen molar-refractivity contribution in [3.63, 3.8) is 0 Å². The van der Waals surface area contributed by atoms with Gasteiger partial charge in [-0.3, -0.25) is 4.68 Å². The van der Waals surface area contributed by atoms with Gasteiger partial charge in [0.2, 0.25) is 0 Å². The number of anilines is 1. The second-order valence-electron chi connectivity index (χ2n) is 4.65. The number of hydrogen-bond acceptors (Lipinski definition) is 4. The van der Waals surface area contributed by atoms with E-state index in [2.05, 4.69) is 10.4 Å². The highest BCUT2D eigenvalue weighted by atomic mass is 35.5. The lowest BCUT2D eigenvalue weighted by Gasteiger charge is -2.18. The smallest absolute Gasteiger partial charge is 0.333 e. The summed E-state index contributed by atoms with van der Waals surface area (Å²) in [7, 11) is 1.84. The minimum absolute atomic E-state index is 0.330. The molecule has 21 heavy (non-hydrogen) atoms. The van der Waals surface area contributed by atoms with Crippen molar-refractivity contribution in [3.05, 3.63) is 46.7 Å². The molecule has 0 fully saturated rings. The van der Waals surface area contributed by atoms with E-state index in [0.29, 0.717) is 11.6 Å². The summed E-state index contributed by atoms with van der Waals surface area (Å²) < 4.78 is 6.88. The molecule has 0 aliphatic carbocycles. The summed E-state index contributed by atoms with van der Waals surface area (Å²) in [6.07, 6.45) is 1.68. The Labute approximate surface area is 128 Å². The van der Waals surface area contributed by atoms with Crippen LogP contribution in [0.25, 0.3) is 0 Å². The summed E-state index contributed by atoms with van der Waals surface area (Å²) in [5, 5.41) is 8.00. The van der Waals surface area contributed by atoms with Crippen molar-refractivity contribution in [2.75, 3.05) is 11.9 Å². The van der Waals surface area contributed by atoms with E-state index in [1.807, 2.05) is 26.1 Å². The highest BCUT2D eigenvalue weighted by Crippen LogP contribution is 2.24. The van der Waals surface area contributed by atoms with Crippen molar-refractivity contribution in [3.8, 4) is 0 Å². The normalized spacial score (nSPS) is 12.0. The third-order valence-electron chi connectivity index (χ3n) is 3.26. The van der Waals surface area contributed by atoms with Crippen molar-refractivity contribution >= 4 is 23.3 Å². The van der Waals surface area contributed by atoms with Crippen LogP contribution in [0.4, 0.5) is 5.69 Å². The molecule has 1 heterocycles. The standard InChI is InChI=1S/C15H18ClN3O2/c1-4-21-15(20)14(13-9-17-19(3)10(13)2)18-12-7-5-11(16)6-8-12/h5-9,14,18H,4H2,1-3H3. The number of ether oxygens (including phenoxy) is 1. The van der Waals surface area contributed by atoms with Crippen LogP contribution in [0.1, 0.15) is 24.2 Å². The third kappa shape index (κ3) is 3.55. The van der Waals surface area contributed by atoms with Gasteiger partial charge in [-0.05, 0) is 38.1 Å². The summed E-state index contributed by atoms with van der Waals surface area (Å²) in [4.78, 5) is 12.2. The molecule has 0 saturated carbocycles. The van der Waals surface area contributed by atoms with E-state index >= 15 is 0 Å². The first kappa shape index (κ1) is 15.4. The largest absolute Gasteiger partial charge is 0.464 e. The second kappa shape index (κ2) is 6.63. The van der Waals surface area contributed by atoms with Crippen molar-refractivity contribution in [2.24, 2.45) is 7.05 Å². The van der Waals surface area contributed by atoms with E-state index in [4.69, 9.17) is 16.3 Å². The molecule has 1 unspecified atom stereocenters. The Kier molecular flexibility index (Phi) is 4.85. The van der Waals surface area contributed by atoms with Crippen LogP contribution in [-0.2, 0) is 16.6 Å². The molecule has 0 aliphatic rings. The highest BCUT2D eigenvalue weighted by molar-refractivity contribution is 6.30. The molecule has 2 aromatic rings. The minimum atomic E-state index is -0.597. The Bertz CT molecular complexity index is 622. The lowest BCUT2D eigenvalue weighted by atomic mass is 10.1. The van der Waals surface area contributed by atoms with Crippen molar-refractivity contribution in [1.82, 2.24) is 9.78 Å². The van der Waals surface area contributed by atoms with Crippen LogP contribution in [-0.4, -0.2) is 22.4 Å². The van der Waals surface area contributed by atoms with Crippen LogP contribution < -0.4 is 5.32 Å². The average molecular weight is 308 g/mol. The summed E-state index contributed by atoms with van der Waals surface area (Å²) in [6, 6.07) is 6.57. The fourth-order valence-corrected chi connectivity index (χ4v) is 2.13. The number of benzene rings is 1. The number of nitrogens with one attached hydrogen (secondary N) is 1. The molecule has 0 aliphatic heterocycles. The first-order valence-electron chi connectivity index (χ1n) is 6.70. The predicted octanol–water partition coefficient (Wildman–Crippen LogP) is 3.10. The zero-order valence-corrected chi connectivity index (χ0v) is 13.0. The molecule has 0 radical (unpaired) electrons. The molecular weight excluding hydrogens is 290 g/mol. The van der Waals surface area contributed by atoms with Crippen molar-refractivity contribution < 1.29 is 9.53 Å². The Hall–Kier alpha value is -2.01. The average Bonchev–Trinajstić information content (AvgIpc) is 2.79. The van der Waals surface area contributed by atoms with Gasteiger partial charge in [-0.25, -0.2) is 4.79 Å². The zero-order valence-electron chi connectivity index (χ0n) is 12.3. The molecule has 1 N–H and O–H groups in total. The van der Waals surface area contributed by atoms with E-state index < -0.39 is 6.04 Å². The SMILES string of the molecule is CCOC(=O)C(Nc1ccc(Cl)cc1)c1cnn(C)c1C. The van der Waals surface area contributed by atoms with Crippen LogP contribution in [0.2, 0.25) is 5.02 Å². The number of aromatic nitrogens is 2. The highest BCUT2D eigenvalue weighted by Gasteiger charge is 2.25. The van der Waals surface area contributed by atoms with Gasteiger partial charge in [-0.2, -0.15) is 5.10 Å². The van der Waals surface area contributed by atoms with Gasteiger partial charge in [-0.15, -0.1) is 0 Å². The molecule has 112 valence electrons. The summed E-state index contributed by atoms with van der Waals surface area (Å²) in [5.41, 5.74) is 2.50. The van der Waals surface area contributed by atoms with Gasteiger partial charge in [-0.1, -0.05) is 11.6 Å². The topological polar surface area (TPSA) is 56.1 Å². The molecule has 1 atom stereocenters. The Morgan fingerprint density at radius 3 is 2.62 bits per heavy atom. The maximum atomic E-state index is 12.2. The lowest BCUT2D eigenvalue weighted by molar-refractivity contribution is -0.144. The van der Waals surface area contributed by atoms with Gasteiger partial charge in [0.05, 0.1) is 12.8 Å². The molecule has 0 amide bonds. The van der Waals surface area contributed by atoms with Crippen LogP contribution >= 0.6 is 11.6 Å². The maximum absolute atomic E-state index is 12.2. The summed E-state index contributed by atoms with van der Waals surface area (Å²) in [5.74, 6) is -0.330. The Morgan fingerprint density at radius 2 is 2.10 bits per heavy atom. The fourth-order valence-electron chi connectivity index (χ4n) is 2.00. The number of halogens is 1. The predicted molar refractivity (Wildman–Crippen MR) is 82.4 cm³/mol. The number of carbonyl (C=O) groups excluding carboxylic acids is 1. The Morgan fingerprint density at radius 1 is 1.43 bits per heavy atom. The van der Waals surface area contributed by atoms with E-state index in [1.165, 1.54) is 0 Å². The molecule has 0 spiro atoms. The van der Waals surface area contributed by atoms with Gasteiger partial charge in [0.25, 0.3) is 0 Å². The number of esters is 1. The quantitative estimate of drug-likeness (QED) is 0.862. The first-order valence-corrected chi connectivity index (χ1v) is 7.08. The van der Waals surface area contributed by atoms with Crippen molar-refractivity contribution in [2.45, 2.75) is 19.9 Å². The lowest BCUT2D eigenvalue weighted by Crippen LogP contribution is -2.24. The molecule has 0 bridgehead atoms. The molecule has 1 aromatic carbocycles. The van der Waals surface area contributed by atoms with Gasteiger partial charge >= 0.3 is 5.97 Å². The molecule has 1 aromatic heterocycles. The molecule has 5 nitrogen and oxygen atoms in total. The molecular formula is C15H18ClN3O2. The molecule has 0 saturated heterocycles. The van der Waals surface area contributed by atoms with E-state index in [0.717, 1.165) is 16.9 Å². The van der Waals surface area contributed by atoms with Gasteiger partial charge in [0, 0.05) is 29.0 Å². The second-order valence-corrected chi connectivity index (χ2v) is 5.08. The third-order valence-corrected chi connectivity index (χ3v) is 3.51. The zero-order chi connectivity index (χ0) is 15.4. The minimum Gasteiger partial charge on any atom is -0.464 e. The van der Waals surface area contributed by atoms with Gasteiger partial charge < -0.3 is 10.1 Å². The monoisotopic (exact) mass is 307 g/mol. The van der Waals surface area contributed by atoms with Crippen LogP contribution in [0, 0.1) is 6.92 Å². The van der Waals surface area contributed by atoms with E-state index in [1.54, 1.807) is 29.9 Å². The fraction of sp³-hybridized carbons (Fsp3) is 0.333. The maximum Gasteiger partial charge on any atom is 0.333 e. The summed E-state index contributed by atoms with van der Waals surface area (Å²) >= 11 is 5.87. The first-order chi connectivity index (χ1) is 10.0. The number of nitrogens with zero attached hydrogens (tertiary/aromatic N) is 2. The van der Waals surface area contributed by atoms with E-state index in [-0.39, 0.29) is 5.97 Å². The molecule has 6 heteroatoms. The number of hydrogen-bond donors (Lipinski definition) is 1. The molecule has 2 rings (SSSR count). The van der Waals surface area contributed by atoms with Crippen LogP contribution in [0.5, 0.6) is 0 Å². The number of aryl methyl sites for hydroxylation is 1. The van der Waals surface area contributed by atoms with Gasteiger partial charge in [0.1, 0.15) is 0 Å².